The summed E-state index contributed by atoms with van der Waals surface area (Å²) in [7, 11) is 0. The van der Waals surface area contributed by atoms with Crippen LogP contribution in [0.15, 0.2) is 91.6 Å². The molecule has 1 fully saturated rings. The van der Waals surface area contributed by atoms with Crippen molar-refractivity contribution in [2.24, 2.45) is 0 Å². The van der Waals surface area contributed by atoms with E-state index in [4.69, 9.17) is 0 Å². The molecule has 1 atom stereocenters. The first-order chi connectivity index (χ1) is 14.7. The van der Waals surface area contributed by atoms with E-state index < -0.39 is 0 Å². The number of piperidine rings is 1. The molecule has 1 saturated heterocycles. The lowest BCUT2D eigenvalue weighted by molar-refractivity contribution is -0.135. The number of hydrogen-bond donors (Lipinski definition) is 0. The minimum Gasteiger partial charge on any atom is -0.335 e. The SMILES string of the molecule is C=C/C=C(\C=C)C(c1ccccc1)N1CCC(N2Cc3ccccc3CC2=O)CC1. The molecule has 2 aromatic carbocycles. The number of carbonyl (C=O) groups is 1. The number of carbonyl (C=O) groups excluding carboxylic acids is 1. The minimum atomic E-state index is 0.167. The first kappa shape index (κ1) is 20.4. The molecule has 0 bridgehead atoms. The Labute approximate surface area is 180 Å². The zero-order valence-corrected chi connectivity index (χ0v) is 17.5. The summed E-state index contributed by atoms with van der Waals surface area (Å²) >= 11 is 0. The van der Waals surface area contributed by atoms with Crippen LogP contribution in [-0.2, 0) is 17.8 Å². The van der Waals surface area contributed by atoms with Crippen molar-refractivity contribution in [3.8, 4) is 0 Å². The second-order valence-corrected chi connectivity index (χ2v) is 8.15. The van der Waals surface area contributed by atoms with Crippen LogP contribution in [0.25, 0.3) is 0 Å². The highest BCUT2D eigenvalue weighted by Crippen LogP contribution is 2.33. The summed E-state index contributed by atoms with van der Waals surface area (Å²) in [5.41, 5.74) is 4.92. The number of fused-ring (bicyclic) bond motifs is 1. The van der Waals surface area contributed by atoms with Crippen LogP contribution in [0.1, 0.15) is 35.6 Å². The maximum Gasteiger partial charge on any atom is 0.227 e. The molecule has 0 aliphatic carbocycles. The number of nitrogens with zero attached hydrogens (tertiary/aromatic N) is 2. The van der Waals surface area contributed by atoms with Gasteiger partial charge in [0.25, 0.3) is 0 Å². The molecule has 1 amide bonds. The summed E-state index contributed by atoms with van der Waals surface area (Å²) in [6.07, 6.45) is 8.36. The van der Waals surface area contributed by atoms with Gasteiger partial charge in [-0.2, -0.15) is 0 Å². The van der Waals surface area contributed by atoms with Crippen molar-refractivity contribution in [1.82, 2.24) is 9.80 Å². The van der Waals surface area contributed by atoms with E-state index in [-0.39, 0.29) is 11.9 Å². The van der Waals surface area contributed by atoms with Crippen molar-refractivity contribution >= 4 is 5.91 Å². The van der Waals surface area contributed by atoms with Gasteiger partial charge >= 0.3 is 0 Å². The van der Waals surface area contributed by atoms with E-state index in [2.05, 4.69) is 77.6 Å². The quantitative estimate of drug-likeness (QED) is 0.634. The molecule has 2 aromatic rings. The molecule has 1 unspecified atom stereocenters. The third-order valence-electron chi connectivity index (χ3n) is 6.40. The summed E-state index contributed by atoms with van der Waals surface area (Å²) in [5, 5.41) is 0. The van der Waals surface area contributed by atoms with Gasteiger partial charge in [0, 0.05) is 25.7 Å². The highest BCUT2D eigenvalue weighted by molar-refractivity contribution is 5.81. The summed E-state index contributed by atoms with van der Waals surface area (Å²) in [5.74, 6) is 0.269. The van der Waals surface area contributed by atoms with Gasteiger partial charge in [-0.3, -0.25) is 9.69 Å². The second-order valence-electron chi connectivity index (χ2n) is 8.15. The number of amides is 1. The van der Waals surface area contributed by atoms with E-state index in [0.717, 1.165) is 38.0 Å². The summed E-state index contributed by atoms with van der Waals surface area (Å²) in [6.45, 7) is 10.6. The van der Waals surface area contributed by atoms with Crippen LogP contribution in [0.3, 0.4) is 0 Å². The number of hydrogen-bond acceptors (Lipinski definition) is 2. The predicted molar refractivity (Wildman–Crippen MR) is 123 cm³/mol. The fraction of sp³-hybridized carbons (Fsp3) is 0.296. The molecule has 2 aliphatic heterocycles. The Kier molecular flexibility index (Phi) is 6.29. The van der Waals surface area contributed by atoms with Crippen LogP contribution in [0.5, 0.6) is 0 Å². The van der Waals surface area contributed by atoms with Gasteiger partial charge in [0.1, 0.15) is 0 Å². The van der Waals surface area contributed by atoms with Gasteiger partial charge in [-0.1, -0.05) is 86.0 Å². The molecule has 2 heterocycles. The van der Waals surface area contributed by atoms with Crippen LogP contribution < -0.4 is 0 Å². The normalized spacial score (nSPS) is 19.3. The Morgan fingerprint density at radius 2 is 1.63 bits per heavy atom. The molecule has 30 heavy (non-hydrogen) atoms. The van der Waals surface area contributed by atoms with E-state index in [9.17, 15) is 4.79 Å². The first-order valence-electron chi connectivity index (χ1n) is 10.8. The van der Waals surface area contributed by atoms with E-state index in [0.29, 0.717) is 12.5 Å². The predicted octanol–water partition coefficient (Wildman–Crippen LogP) is 5.08. The Morgan fingerprint density at radius 3 is 2.30 bits per heavy atom. The van der Waals surface area contributed by atoms with E-state index in [1.165, 1.54) is 16.7 Å². The third kappa shape index (κ3) is 4.17. The van der Waals surface area contributed by atoms with Crippen LogP contribution in [0.2, 0.25) is 0 Å². The van der Waals surface area contributed by atoms with E-state index in [1.807, 2.05) is 18.2 Å². The maximum absolute atomic E-state index is 12.8. The average Bonchev–Trinajstić information content (AvgIpc) is 2.79. The highest BCUT2D eigenvalue weighted by Gasteiger charge is 2.33. The smallest absolute Gasteiger partial charge is 0.227 e. The van der Waals surface area contributed by atoms with Crippen LogP contribution in [0.4, 0.5) is 0 Å². The number of likely N-dealkylation sites (tertiary alicyclic amines) is 1. The molecular formula is C27H30N2O. The molecule has 2 aliphatic rings. The first-order valence-corrected chi connectivity index (χ1v) is 10.8. The zero-order chi connectivity index (χ0) is 20.9. The Balaban J connectivity index is 1.50. The fourth-order valence-corrected chi connectivity index (χ4v) is 4.87. The second kappa shape index (κ2) is 9.27. The van der Waals surface area contributed by atoms with Gasteiger partial charge in [0.15, 0.2) is 0 Å². The molecule has 0 aromatic heterocycles. The third-order valence-corrected chi connectivity index (χ3v) is 6.40. The maximum atomic E-state index is 12.8. The van der Waals surface area contributed by atoms with Gasteiger partial charge in [-0.15, -0.1) is 0 Å². The fourth-order valence-electron chi connectivity index (χ4n) is 4.87. The van der Waals surface area contributed by atoms with Gasteiger partial charge < -0.3 is 4.90 Å². The minimum absolute atomic E-state index is 0.167. The van der Waals surface area contributed by atoms with Gasteiger partial charge in [-0.05, 0) is 35.1 Å². The molecule has 3 heteroatoms. The summed E-state index contributed by atoms with van der Waals surface area (Å²) in [4.78, 5) is 17.4. The Bertz CT molecular complexity index is 938. The Hall–Kier alpha value is -2.91. The highest BCUT2D eigenvalue weighted by atomic mass is 16.2. The van der Waals surface area contributed by atoms with Gasteiger partial charge in [0.05, 0.1) is 12.5 Å². The summed E-state index contributed by atoms with van der Waals surface area (Å²) in [6, 6.07) is 19.4. The molecule has 3 nitrogen and oxygen atoms in total. The molecular weight excluding hydrogens is 368 g/mol. The lowest BCUT2D eigenvalue weighted by Gasteiger charge is -2.43. The average molecular weight is 399 g/mol. The zero-order valence-electron chi connectivity index (χ0n) is 17.5. The topological polar surface area (TPSA) is 23.6 Å². The largest absolute Gasteiger partial charge is 0.335 e. The lowest BCUT2D eigenvalue weighted by Crippen LogP contribution is -2.49. The van der Waals surface area contributed by atoms with Crippen LogP contribution >= 0.6 is 0 Å². The van der Waals surface area contributed by atoms with Crippen LogP contribution in [-0.4, -0.2) is 34.8 Å². The van der Waals surface area contributed by atoms with Crippen molar-refractivity contribution in [2.75, 3.05) is 13.1 Å². The number of allylic oxidation sites excluding steroid dienone is 2. The van der Waals surface area contributed by atoms with Crippen molar-refractivity contribution in [1.29, 1.82) is 0 Å². The van der Waals surface area contributed by atoms with Crippen molar-refractivity contribution in [3.63, 3.8) is 0 Å². The van der Waals surface area contributed by atoms with Crippen LogP contribution in [0, 0.1) is 0 Å². The monoisotopic (exact) mass is 398 g/mol. The summed E-state index contributed by atoms with van der Waals surface area (Å²) < 4.78 is 0. The number of benzene rings is 2. The number of rotatable bonds is 6. The molecule has 0 radical (unpaired) electrons. The molecule has 154 valence electrons. The van der Waals surface area contributed by atoms with Crippen molar-refractivity contribution in [3.05, 3.63) is 108 Å². The molecule has 4 rings (SSSR count). The van der Waals surface area contributed by atoms with Crippen molar-refractivity contribution < 1.29 is 4.79 Å². The van der Waals surface area contributed by atoms with Crippen molar-refractivity contribution in [2.45, 2.75) is 37.9 Å². The van der Waals surface area contributed by atoms with E-state index >= 15 is 0 Å². The lowest BCUT2D eigenvalue weighted by atomic mass is 9.91. The van der Waals surface area contributed by atoms with Gasteiger partial charge in [-0.25, -0.2) is 0 Å². The molecule has 0 N–H and O–H groups in total. The Morgan fingerprint density at radius 1 is 0.967 bits per heavy atom. The standard InChI is InChI=1S/C27H30N2O/c1-3-10-21(4-2)27(22-11-6-5-7-12-22)28-17-15-25(16-18-28)29-20-24-14-9-8-13-23(24)19-26(29)30/h3-14,25,27H,1-2,15-20H2/b21-10+. The molecule has 0 spiro atoms. The van der Waals surface area contributed by atoms with E-state index in [1.54, 1.807) is 0 Å². The van der Waals surface area contributed by atoms with Gasteiger partial charge in [0.2, 0.25) is 5.91 Å². The molecule has 0 saturated carbocycles.